The van der Waals surface area contributed by atoms with Crippen molar-refractivity contribution in [1.29, 1.82) is 0 Å². The van der Waals surface area contributed by atoms with E-state index in [1.165, 1.54) is 6.92 Å². The Morgan fingerprint density at radius 1 is 1.57 bits per heavy atom. The van der Waals surface area contributed by atoms with Gasteiger partial charge in [0.05, 0.1) is 6.67 Å². The van der Waals surface area contributed by atoms with E-state index in [4.69, 9.17) is 0 Å². The van der Waals surface area contributed by atoms with Crippen LogP contribution in [-0.2, 0) is 4.79 Å². The third-order valence-electron chi connectivity index (χ3n) is 2.38. The van der Waals surface area contributed by atoms with Gasteiger partial charge in [0.2, 0.25) is 5.91 Å². The Morgan fingerprint density at radius 3 is 2.86 bits per heavy atom. The Balaban J connectivity index is 1.98. The highest BCUT2D eigenvalue weighted by Gasteiger charge is 2.37. The van der Waals surface area contributed by atoms with Crippen LogP contribution in [0.2, 0.25) is 0 Å². The minimum Gasteiger partial charge on any atom is -0.325 e. The SMILES string of the molecule is CC(=O)NC1NC(=O)NCN1C1CC1. The van der Waals surface area contributed by atoms with Crippen LogP contribution in [0.15, 0.2) is 0 Å². The molecule has 6 heteroatoms. The van der Waals surface area contributed by atoms with E-state index in [1.807, 2.05) is 4.90 Å². The van der Waals surface area contributed by atoms with Gasteiger partial charge in [-0.15, -0.1) is 0 Å². The molecule has 0 aromatic carbocycles. The lowest BCUT2D eigenvalue weighted by molar-refractivity contribution is -0.121. The average molecular weight is 198 g/mol. The molecule has 14 heavy (non-hydrogen) atoms. The molecule has 2 aliphatic rings. The highest BCUT2D eigenvalue weighted by atomic mass is 16.2. The second-order valence-corrected chi connectivity index (χ2v) is 3.66. The fraction of sp³-hybridized carbons (Fsp3) is 0.750. The van der Waals surface area contributed by atoms with Crippen molar-refractivity contribution in [2.75, 3.05) is 6.67 Å². The summed E-state index contributed by atoms with van der Waals surface area (Å²) in [7, 11) is 0. The standard InChI is InChI=1S/C8H14N4O2/c1-5(13)10-7-11-8(14)9-4-12(7)6-2-3-6/h6-7H,2-4H2,1H3,(H,10,13)(H2,9,11,14). The number of hydrogen-bond donors (Lipinski definition) is 3. The summed E-state index contributed by atoms with van der Waals surface area (Å²) in [4.78, 5) is 24.0. The van der Waals surface area contributed by atoms with Crippen molar-refractivity contribution in [3.63, 3.8) is 0 Å². The Labute approximate surface area is 82.0 Å². The van der Waals surface area contributed by atoms with Crippen LogP contribution >= 0.6 is 0 Å². The molecule has 1 saturated heterocycles. The summed E-state index contributed by atoms with van der Waals surface area (Å²) in [6.45, 7) is 1.95. The summed E-state index contributed by atoms with van der Waals surface area (Å²) in [5, 5.41) is 8.04. The summed E-state index contributed by atoms with van der Waals surface area (Å²) in [5.74, 6) is -0.136. The van der Waals surface area contributed by atoms with Gasteiger partial charge in [0.1, 0.15) is 0 Å². The maximum absolute atomic E-state index is 11.0. The van der Waals surface area contributed by atoms with E-state index < -0.39 is 0 Å². The molecule has 1 aliphatic heterocycles. The molecule has 0 spiro atoms. The van der Waals surface area contributed by atoms with Crippen molar-refractivity contribution < 1.29 is 9.59 Å². The first kappa shape index (κ1) is 9.26. The molecule has 0 bridgehead atoms. The zero-order valence-electron chi connectivity index (χ0n) is 8.04. The quantitative estimate of drug-likeness (QED) is 0.540. The second kappa shape index (κ2) is 3.45. The first-order valence-electron chi connectivity index (χ1n) is 4.74. The molecular weight excluding hydrogens is 184 g/mol. The molecule has 3 amide bonds. The normalized spacial score (nSPS) is 27.8. The monoisotopic (exact) mass is 198 g/mol. The molecular formula is C8H14N4O2. The van der Waals surface area contributed by atoms with Crippen LogP contribution in [0.5, 0.6) is 0 Å². The van der Waals surface area contributed by atoms with E-state index in [2.05, 4.69) is 16.0 Å². The fourth-order valence-corrected chi connectivity index (χ4v) is 1.57. The highest BCUT2D eigenvalue weighted by Crippen LogP contribution is 2.27. The largest absolute Gasteiger partial charge is 0.325 e. The number of carbonyl (C=O) groups excluding carboxylic acids is 2. The Kier molecular flexibility index (Phi) is 2.28. The van der Waals surface area contributed by atoms with Crippen molar-refractivity contribution in [2.45, 2.75) is 32.1 Å². The molecule has 1 saturated carbocycles. The lowest BCUT2D eigenvalue weighted by atomic mass is 10.4. The molecule has 0 aromatic heterocycles. The van der Waals surface area contributed by atoms with Crippen molar-refractivity contribution >= 4 is 11.9 Å². The molecule has 0 radical (unpaired) electrons. The van der Waals surface area contributed by atoms with Gasteiger partial charge in [0.15, 0.2) is 6.29 Å². The van der Waals surface area contributed by atoms with Crippen molar-refractivity contribution in [3.8, 4) is 0 Å². The number of amides is 3. The van der Waals surface area contributed by atoms with Crippen LogP contribution in [-0.4, -0.2) is 35.8 Å². The van der Waals surface area contributed by atoms with Crippen LogP contribution in [0.1, 0.15) is 19.8 Å². The third-order valence-corrected chi connectivity index (χ3v) is 2.38. The molecule has 2 fully saturated rings. The van der Waals surface area contributed by atoms with Crippen LogP contribution < -0.4 is 16.0 Å². The third kappa shape index (κ3) is 1.95. The highest BCUT2D eigenvalue weighted by molar-refractivity contribution is 5.77. The molecule has 6 nitrogen and oxygen atoms in total. The first-order valence-corrected chi connectivity index (χ1v) is 4.74. The van der Waals surface area contributed by atoms with E-state index in [0.29, 0.717) is 12.7 Å². The molecule has 1 heterocycles. The number of carbonyl (C=O) groups is 2. The molecule has 1 aliphatic carbocycles. The number of rotatable bonds is 2. The maximum atomic E-state index is 11.0. The number of nitrogens with one attached hydrogen (secondary N) is 3. The summed E-state index contributed by atoms with van der Waals surface area (Å²) in [6.07, 6.45) is 1.91. The van der Waals surface area contributed by atoms with Crippen LogP contribution in [0, 0.1) is 0 Å². The minimum absolute atomic E-state index is 0.136. The molecule has 3 N–H and O–H groups in total. The Morgan fingerprint density at radius 2 is 2.29 bits per heavy atom. The topological polar surface area (TPSA) is 73.5 Å². The molecule has 1 unspecified atom stereocenters. The minimum atomic E-state index is -0.353. The molecule has 0 aromatic rings. The van der Waals surface area contributed by atoms with Gasteiger partial charge in [-0.1, -0.05) is 0 Å². The van der Waals surface area contributed by atoms with Gasteiger partial charge in [0, 0.05) is 13.0 Å². The van der Waals surface area contributed by atoms with E-state index >= 15 is 0 Å². The van der Waals surface area contributed by atoms with Gasteiger partial charge in [-0.3, -0.25) is 4.79 Å². The van der Waals surface area contributed by atoms with Gasteiger partial charge in [-0.25, -0.2) is 9.69 Å². The predicted octanol–water partition coefficient (Wildman–Crippen LogP) is -0.859. The first-order chi connectivity index (χ1) is 6.66. The van der Waals surface area contributed by atoms with Gasteiger partial charge in [-0.05, 0) is 12.8 Å². The van der Waals surface area contributed by atoms with Crippen LogP contribution in [0.4, 0.5) is 4.79 Å². The summed E-state index contributed by atoms with van der Waals surface area (Å²) in [5.41, 5.74) is 0. The Bertz CT molecular complexity index is 262. The lowest BCUT2D eigenvalue weighted by Crippen LogP contribution is -2.67. The van der Waals surface area contributed by atoms with Gasteiger partial charge < -0.3 is 16.0 Å². The van der Waals surface area contributed by atoms with Gasteiger partial charge in [-0.2, -0.15) is 0 Å². The average Bonchev–Trinajstić information content (AvgIpc) is 2.86. The fourth-order valence-electron chi connectivity index (χ4n) is 1.57. The molecule has 78 valence electrons. The number of nitrogens with zero attached hydrogens (tertiary/aromatic N) is 1. The van der Waals surface area contributed by atoms with Crippen molar-refractivity contribution in [2.24, 2.45) is 0 Å². The summed E-state index contributed by atoms with van der Waals surface area (Å²) >= 11 is 0. The Hall–Kier alpha value is -1.30. The second-order valence-electron chi connectivity index (χ2n) is 3.66. The molecule has 1 atom stereocenters. The zero-order chi connectivity index (χ0) is 10.1. The number of urea groups is 1. The summed E-state index contributed by atoms with van der Waals surface area (Å²) < 4.78 is 0. The molecule has 2 rings (SSSR count). The smallest absolute Gasteiger partial charge is 0.318 e. The van der Waals surface area contributed by atoms with Gasteiger partial charge in [0.25, 0.3) is 0 Å². The van der Waals surface area contributed by atoms with Crippen LogP contribution in [0.3, 0.4) is 0 Å². The zero-order valence-corrected chi connectivity index (χ0v) is 8.04. The van der Waals surface area contributed by atoms with E-state index in [-0.39, 0.29) is 18.2 Å². The number of hydrogen-bond acceptors (Lipinski definition) is 3. The van der Waals surface area contributed by atoms with E-state index in [0.717, 1.165) is 12.8 Å². The van der Waals surface area contributed by atoms with Gasteiger partial charge >= 0.3 is 6.03 Å². The summed E-state index contributed by atoms with van der Waals surface area (Å²) in [6, 6.07) is 0.251. The van der Waals surface area contributed by atoms with Crippen molar-refractivity contribution in [3.05, 3.63) is 0 Å². The predicted molar refractivity (Wildman–Crippen MR) is 49.0 cm³/mol. The maximum Gasteiger partial charge on any atom is 0.318 e. The van der Waals surface area contributed by atoms with E-state index in [9.17, 15) is 9.59 Å². The van der Waals surface area contributed by atoms with Crippen molar-refractivity contribution in [1.82, 2.24) is 20.9 Å². The van der Waals surface area contributed by atoms with Crippen LogP contribution in [0.25, 0.3) is 0 Å². The van der Waals surface area contributed by atoms with E-state index in [1.54, 1.807) is 0 Å². The lowest BCUT2D eigenvalue weighted by Gasteiger charge is -2.36.